The number of phenols is 1. The summed E-state index contributed by atoms with van der Waals surface area (Å²) in [6.45, 7) is 0. The van der Waals surface area contributed by atoms with E-state index in [1.165, 1.54) is 31.4 Å². The lowest BCUT2D eigenvalue weighted by Crippen LogP contribution is -2.20. The molecule has 0 aliphatic carbocycles. The predicted molar refractivity (Wildman–Crippen MR) is 109 cm³/mol. The Morgan fingerprint density at radius 2 is 1.56 bits per heavy atom. The molecular formula is C17H14N6O8S. The third-order valence-corrected chi connectivity index (χ3v) is 4.70. The van der Waals surface area contributed by atoms with E-state index in [0.29, 0.717) is 5.69 Å². The van der Waals surface area contributed by atoms with Crippen molar-refractivity contribution in [3.8, 4) is 17.4 Å². The molecule has 0 saturated heterocycles. The summed E-state index contributed by atoms with van der Waals surface area (Å²) in [5, 5.41) is 33.8. The van der Waals surface area contributed by atoms with Crippen LogP contribution in [0.3, 0.4) is 0 Å². The van der Waals surface area contributed by atoms with Crippen LogP contribution in [-0.2, 0) is 10.1 Å². The van der Waals surface area contributed by atoms with Crippen molar-refractivity contribution in [1.82, 2.24) is 9.97 Å². The van der Waals surface area contributed by atoms with Crippen LogP contribution < -0.4 is 16.0 Å². The highest BCUT2D eigenvalue weighted by Crippen LogP contribution is 2.39. The van der Waals surface area contributed by atoms with Gasteiger partial charge in [0.1, 0.15) is 27.8 Å². The van der Waals surface area contributed by atoms with Crippen molar-refractivity contribution in [3.63, 3.8) is 0 Å². The molecule has 3 aromatic rings. The van der Waals surface area contributed by atoms with Crippen LogP contribution in [0.15, 0.2) is 71.3 Å². The molecule has 2 aromatic carbocycles. The first kappa shape index (κ1) is 22.3. The van der Waals surface area contributed by atoms with E-state index < -0.39 is 43.5 Å². The van der Waals surface area contributed by atoms with Crippen LogP contribution >= 0.6 is 0 Å². The highest BCUT2D eigenvalue weighted by Gasteiger charge is 2.20. The molecule has 0 unspecified atom stereocenters. The van der Waals surface area contributed by atoms with Gasteiger partial charge in [0, 0.05) is 6.07 Å². The average Bonchev–Trinajstić information content (AvgIpc) is 2.71. The Hall–Kier alpha value is -4.37. The van der Waals surface area contributed by atoms with Crippen LogP contribution in [0.2, 0.25) is 0 Å². The molecule has 0 amide bonds. The van der Waals surface area contributed by atoms with E-state index in [1.54, 1.807) is 0 Å². The number of azo groups is 2. The van der Waals surface area contributed by atoms with E-state index in [2.05, 4.69) is 20.5 Å². The van der Waals surface area contributed by atoms with Crippen LogP contribution in [0.5, 0.6) is 17.4 Å². The lowest BCUT2D eigenvalue weighted by molar-refractivity contribution is 0.415. The van der Waals surface area contributed by atoms with Gasteiger partial charge < -0.3 is 14.9 Å². The molecule has 1 aromatic heterocycles. The van der Waals surface area contributed by atoms with Gasteiger partial charge in [-0.1, -0.05) is 0 Å². The third kappa shape index (κ3) is 5.02. The zero-order chi connectivity index (χ0) is 23.5. The van der Waals surface area contributed by atoms with Crippen molar-refractivity contribution >= 4 is 32.9 Å². The van der Waals surface area contributed by atoms with Gasteiger partial charge in [0.05, 0.1) is 12.8 Å². The second-order valence-corrected chi connectivity index (χ2v) is 7.38. The smallest absolute Gasteiger partial charge is 0.328 e. The Balaban J connectivity index is 2.10. The number of rotatable bonds is 6. The van der Waals surface area contributed by atoms with E-state index in [0.717, 1.165) is 12.1 Å². The molecule has 166 valence electrons. The summed E-state index contributed by atoms with van der Waals surface area (Å²) in [6.07, 6.45) is 0. The zero-order valence-corrected chi connectivity index (χ0v) is 16.9. The number of hydrogen-bond acceptors (Lipinski definition) is 11. The topological polar surface area (TPSA) is 219 Å². The normalized spacial score (nSPS) is 11.9. The number of benzene rings is 2. The standard InChI is InChI=1S/C17H14N6O8S/c1-31-12-6-11(22-23-14-15(25)18-17(27)19-16(14)26)13(32(28,29)30)7-10(12)21-20-8-2-4-9(24)5-3-8/h2-7,24H,1H3,(H,28,29,30)(H3,18,19,25,26,27). The molecule has 5 N–H and O–H groups in total. The maximum atomic E-state index is 11.9. The summed E-state index contributed by atoms with van der Waals surface area (Å²) in [7, 11) is -3.60. The summed E-state index contributed by atoms with van der Waals surface area (Å²) < 4.78 is 38.4. The number of phenolic OH excluding ortho intramolecular Hbond substituents is 1. The predicted octanol–water partition coefficient (Wildman–Crippen LogP) is 2.56. The van der Waals surface area contributed by atoms with Crippen molar-refractivity contribution in [2.24, 2.45) is 20.5 Å². The van der Waals surface area contributed by atoms with Crippen molar-refractivity contribution in [2.45, 2.75) is 4.90 Å². The molecule has 0 saturated carbocycles. The maximum absolute atomic E-state index is 11.9. The van der Waals surface area contributed by atoms with E-state index >= 15 is 0 Å². The number of aromatic amines is 2. The minimum Gasteiger partial charge on any atom is -0.508 e. The minimum absolute atomic E-state index is 0.0114. The van der Waals surface area contributed by atoms with Gasteiger partial charge in [-0.05, 0) is 30.3 Å². The Bertz CT molecular complexity index is 1440. The number of H-pyrrole nitrogens is 2. The molecule has 0 aliphatic rings. The molecule has 0 radical (unpaired) electrons. The van der Waals surface area contributed by atoms with Gasteiger partial charge in [-0.2, -0.15) is 13.5 Å². The molecular weight excluding hydrogens is 448 g/mol. The monoisotopic (exact) mass is 462 g/mol. The second-order valence-electron chi connectivity index (χ2n) is 5.99. The van der Waals surface area contributed by atoms with Crippen molar-refractivity contribution < 1.29 is 27.9 Å². The number of ether oxygens (including phenoxy) is 1. The van der Waals surface area contributed by atoms with Gasteiger partial charge in [-0.3, -0.25) is 19.3 Å². The van der Waals surface area contributed by atoms with Gasteiger partial charge in [0.25, 0.3) is 15.7 Å². The number of aromatic hydroxyl groups is 2. The first-order chi connectivity index (χ1) is 15.1. The van der Waals surface area contributed by atoms with Gasteiger partial charge in [0.15, 0.2) is 0 Å². The third-order valence-electron chi connectivity index (χ3n) is 3.82. The molecule has 32 heavy (non-hydrogen) atoms. The zero-order valence-electron chi connectivity index (χ0n) is 16.0. The molecule has 3 rings (SSSR count). The van der Waals surface area contributed by atoms with E-state index in [-0.39, 0.29) is 17.2 Å². The van der Waals surface area contributed by atoms with Gasteiger partial charge in [-0.25, -0.2) is 4.79 Å². The van der Waals surface area contributed by atoms with Gasteiger partial charge in [0.2, 0.25) is 11.6 Å². The Labute approximate surface area is 178 Å². The molecule has 0 bridgehead atoms. The van der Waals surface area contributed by atoms with Crippen LogP contribution in [0.4, 0.5) is 22.7 Å². The van der Waals surface area contributed by atoms with Crippen molar-refractivity contribution in [2.75, 3.05) is 7.11 Å². The fourth-order valence-electron chi connectivity index (χ4n) is 2.36. The van der Waals surface area contributed by atoms with Gasteiger partial charge in [-0.15, -0.1) is 15.3 Å². The number of aromatic nitrogens is 2. The molecule has 0 fully saturated rings. The van der Waals surface area contributed by atoms with Crippen LogP contribution in [0, 0.1) is 0 Å². The molecule has 0 aliphatic heterocycles. The Morgan fingerprint density at radius 3 is 2.16 bits per heavy atom. The molecule has 1 heterocycles. The van der Waals surface area contributed by atoms with Crippen molar-refractivity contribution in [1.29, 1.82) is 0 Å². The molecule has 15 heteroatoms. The maximum Gasteiger partial charge on any atom is 0.328 e. The first-order valence-corrected chi connectivity index (χ1v) is 9.90. The summed E-state index contributed by atoms with van der Waals surface area (Å²) in [6, 6.07) is 7.59. The molecule has 14 nitrogen and oxygen atoms in total. The van der Waals surface area contributed by atoms with E-state index in [4.69, 9.17) is 4.74 Å². The number of nitrogens with one attached hydrogen (secondary N) is 2. The molecule has 0 spiro atoms. The van der Waals surface area contributed by atoms with Crippen LogP contribution in [-0.4, -0.2) is 40.3 Å². The van der Waals surface area contributed by atoms with E-state index in [9.17, 15) is 32.8 Å². The minimum atomic E-state index is -4.85. The Kier molecular flexibility index (Phi) is 6.13. The average molecular weight is 462 g/mol. The lowest BCUT2D eigenvalue weighted by atomic mass is 10.2. The van der Waals surface area contributed by atoms with Crippen LogP contribution in [0.1, 0.15) is 0 Å². The fraction of sp³-hybridized carbons (Fsp3) is 0.0588. The summed E-state index contributed by atoms with van der Waals surface area (Å²) in [5.74, 6) is -0.909. The highest BCUT2D eigenvalue weighted by atomic mass is 32.2. The SMILES string of the molecule is COc1cc(N=Nc2c(O)[nH]c(=O)[nH]c2=O)c(S(=O)(=O)O)cc1N=Nc1ccc(O)cc1. The molecule has 0 atom stereocenters. The fourth-order valence-corrected chi connectivity index (χ4v) is 2.98. The van der Waals surface area contributed by atoms with Crippen molar-refractivity contribution in [3.05, 3.63) is 57.2 Å². The first-order valence-electron chi connectivity index (χ1n) is 8.46. The quantitative estimate of drug-likeness (QED) is 0.270. The van der Waals surface area contributed by atoms with Crippen LogP contribution in [0.25, 0.3) is 0 Å². The van der Waals surface area contributed by atoms with Gasteiger partial charge >= 0.3 is 5.69 Å². The summed E-state index contributed by atoms with van der Waals surface area (Å²) >= 11 is 0. The number of methoxy groups -OCH3 is 1. The Morgan fingerprint density at radius 1 is 0.906 bits per heavy atom. The lowest BCUT2D eigenvalue weighted by Gasteiger charge is -2.08. The number of nitrogens with zero attached hydrogens (tertiary/aromatic N) is 4. The largest absolute Gasteiger partial charge is 0.508 e. The van der Waals surface area contributed by atoms with E-state index in [1.807, 2.05) is 9.97 Å². The summed E-state index contributed by atoms with van der Waals surface area (Å²) in [5.41, 5.74) is -3.02. The summed E-state index contributed by atoms with van der Waals surface area (Å²) in [4.78, 5) is 25.8. The number of hydrogen-bond donors (Lipinski definition) is 5. The highest BCUT2D eigenvalue weighted by molar-refractivity contribution is 7.86. The second kappa shape index (κ2) is 8.78.